The third kappa shape index (κ3) is 5.85. The van der Waals surface area contributed by atoms with E-state index in [1.165, 1.54) is 19.2 Å². The van der Waals surface area contributed by atoms with Crippen LogP contribution in [0.3, 0.4) is 0 Å². The summed E-state index contributed by atoms with van der Waals surface area (Å²) in [5.41, 5.74) is 1.95. The lowest BCUT2D eigenvalue weighted by molar-refractivity contribution is -0.147. The summed E-state index contributed by atoms with van der Waals surface area (Å²) < 4.78 is 15.1. The van der Waals surface area contributed by atoms with Crippen molar-refractivity contribution in [2.45, 2.75) is 13.3 Å². The van der Waals surface area contributed by atoms with Crippen LogP contribution in [-0.4, -0.2) is 38.6 Å². The van der Waals surface area contributed by atoms with E-state index in [0.29, 0.717) is 22.6 Å². The first-order valence-corrected chi connectivity index (χ1v) is 8.20. The number of hydrogen-bond acceptors (Lipinski definition) is 6. The minimum Gasteiger partial charge on any atom is -0.497 e. The monoisotopic (exact) mass is 371 g/mol. The van der Waals surface area contributed by atoms with E-state index in [1.54, 1.807) is 31.4 Å². The van der Waals surface area contributed by atoms with Crippen LogP contribution in [0.25, 0.3) is 0 Å². The number of carbonyl (C=O) groups is 3. The summed E-state index contributed by atoms with van der Waals surface area (Å²) in [6.07, 6.45) is -0.00362. The Morgan fingerprint density at radius 2 is 1.67 bits per heavy atom. The molecule has 0 aromatic heterocycles. The Labute approximate surface area is 157 Å². The Bertz CT molecular complexity index is 829. The van der Waals surface area contributed by atoms with Gasteiger partial charge in [-0.2, -0.15) is 0 Å². The molecule has 0 aliphatic carbocycles. The first-order chi connectivity index (χ1) is 12.9. The van der Waals surface area contributed by atoms with E-state index in [-0.39, 0.29) is 6.42 Å². The molecular weight excluding hydrogens is 350 g/mol. The summed E-state index contributed by atoms with van der Waals surface area (Å²) >= 11 is 0. The molecule has 0 radical (unpaired) electrons. The molecule has 2 amide bonds. The predicted molar refractivity (Wildman–Crippen MR) is 97.9 cm³/mol. The fraction of sp³-hybridized carbons (Fsp3) is 0.250. The lowest BCUT2D eigenvalue weighted by Gasteiger charge is -2.08. The fourth-order valence-electron chi connectivity index (χ4n) is 2.32. The first-order valence-electron chi connectivity index (χ1n) is 8.20. The first kappa shape index (κ1) is 20.0. The summed E-state index contributed by atoms with van der Waals surface area (Å²) in [5, 5.41) is 2.16. The van der Waals surface area contributed by atoms with Crippen LogP contribution < -0.4 is 14.8 Å². The second-order valence-corrected chi connectivity index (χ2v) is 5.75. The van der Waals surface area contributed by atoms with Gasteiger partial charge in [-0.1, -0.05) is 12.1 Å². The Kier molecular flexibility index (Phi) is 6.93. The smallest absolute Gasteiger partial charge is 0.310 e. The molecule has 0 heterocycles. The van der Waals surface area contributed by atoms with Crippen LogP contribution in [0.5, 0.6) is 11.5 Å². The van der Waals surface area contributed by atoms with E-state index in [4.69, 9.17) is 14.2 Å². The van der Waals surface area contributed by atoms with Crippen molar-refractivity contribution < 1.29 is 28.6 Å². The minimum atomic E-state index is -0.703. The van der Waals surface area contributed by atoms with Gasteiger partial charge in [-0.05, 0) is 48.4 Å². The zero-order chi connectivity index (χ0) is 19.8. The largest absolute Gasteiger partial charge is 0.497 e. The second-order valence-electron chi connectivity index (χ2n) is 5.75. The van der Waals surface area contributed by atoms with Crippen LogP contribution in [0.15, 0.2) is 42.5 Å². The van der Waals surface area contributed by atoms with Crippen molar-refractivity contribution in [2.24, 2.45) is 0 Å². The molecule has 2 aromatic rings. The molecule has 0 atom stereocenters. The van der Waals surface area contributed by atoms with E-state index in [0.717, 1.165) is 5.56 Å². The Balaban J connectivity index is 1.82. The number of rotatable bonds is 7. The average molecular weight is 371 g/mol. The van der Waals surface area contributed by atoms with Crippen LogP contribution in [0.1, 0.15) is 21.5 Å². The van der Waals surface area contributed by atoms with Gasteiger partial charge in [0.05, 0.1) is 20.6 Å². The van der Waals surface area contributed by atoms with Crippen molar-refractivity contribution in [1.29, 1.82) is 0 Å². The molecule has 0 saturated heterocycles. The molecule has 0 spiro atoms. The topological polar surface area (TPSA) is 90.9 Å². The molecule has 0 aliphatic rings. The van der Waals surface area contributed by atoms with Crippen molar-refractivity contribution in [1.82, 2.24) is 5.32 Å². The standard InChI is InChI=1S/C20H21NO6/c1-13-4-5-14(10-17(13)26-3)11-19(23)27-12-18(22)21-20(24)15-6-8-16(25-2)9-7-15/h4-10H,11-12H2,1-3H3,(H,21,22,24). The number of esters is 1. The lowest BCUT2D eigenvalue weighted by Crippen LogP contribution is -2.34. The highest BCUT2D eigenvalue weighted by Gasteiger charge is 2.13. The summed E-state index contributed by atoms with van der Waals surface area (Å²) in [6, 6.07) is 11.6. The van der Waals surface area contributed by atoms with Gasteiger partial charge in [-0.15, -0.1) is 0 Å². The Morgan fingerprint density at radius 3 is 2.30 bits per heavy atom. The van der Waals surface area contributed by atoms with Crippen molar-refractivity contribution in [3.05, 3.63) is 59.2 Å². The number of hydrogen-bond donors (Lipinski definition) is 1. The summed E-state index contributed by atoms with van der Waals surface area (Å²) in [7, 11) is 3.06. The maximum Gasteiger partial charge on any atom is 0.310 e. The lowest BCUT2D eigenvalue weighted by atomic mass is 10.1. The average Bonchev–Trinajstić information content (AvgIpc) is 2.68. The van der Waals surface area contributed by atoms with E-state index in [1.807, 2.05) is 13.0 Å². The molecule has 7 nitrogen and oxygen atoms in total. The van der Waals surface area contributed by atoms with E-state index >= 15 is 0 Å². The van der Waals surface area contributed by atoms with Gasteiger partial charge in [0.2, 0.25) is 0 Å². The highest BCUT2D eigenvalue weighted by atomic mass is 16.5. The highest BCUT2D eigenvalue weighted by molar-refractivity contribution is 6.05. The van der Waals surface area contributed by atoms with Crippen molar-refractivity contribution in [2.75, 3.05) is 20.8 Å². The van der Waals surface area contributed by atoms with Crippen LogP contribution in [0, 0.1) is 6.92 Å². The fourth-order valence-corrected chi connectivity index (χ4v) is 2.32. The van der Waals surface area contributed by atoms with Crippen molar-refractivity contribution in [3.63, 3.8) is 0 Å². The molecule has 7 heteroatoms. The van der Waals surface area contributed by atoms with Gasteiger partial charge in [0.1, 0.15) is 11.5 Å². The normalized spacial score (nSPS) is 10.0. The molecule has 0 fully saturated rings. The zero-order valence-electron chi connectivity index (χ0n) is 15.4. The van der Waals surface area contributed by atoms with Gasteiger partial charge in [0, 0.05) is 5.56 Å². The molecule has 142 valence electrons. The van der Waals surface area contributed by atoms with E-state index in [2.05, 4.69) is 5.32 Å². The maximum absolute atomic E-state index is 12.0. The van der Waals surface area contributed by atoms with Gasteiger partial charge >= 0.3 is 5.97 Å². The van der Waals surface area contributed by atoms with Crippen LogP contribution in [0.4, 0.5) is 0 Å². The number of imide groups is 1. The number of aryl methyl sites for hydroxylation is 1. The molecule has 1 N–H and O–H groups in total. The number of carbonyl (C=O) groups excluding carboxylic acids is 3. The van der Waals surface area contributed by atoms with Crippen LogP contribution in [-0.2, 0) is 20.7 Å². The third-order valence-corrected chi connectivity index (χ3v) is 3.79. The summed E-state index contributed by atoms with van der Waals surface area (Å²) in [6.45, 7) is 1.36. The van der Waals surface area contributed by atoms with E-state index < -0.39 is 24.4 Å². The van der Waals surface area contributed by atoms with Gasteiger partial charge < -0.3 is 14.2 Å². The number of methoxy groups -OCH3 is 2. The Morgan fingerprint density at radius 1 is 0.963 bits per heavy atom. The van der Waals surface area contributed by atoms with Crippen molar-refractivity contribution >= 4 is 17.8 Å². The minimum absolute atomic E-state index is 0.00362. The predicted octanol–water partition coefficient (Wildman–Crippen LogP) is 2.05. The summed E-state index contributed by atoms with van der Waals surface area (Å²) in [5.74, 6) is -0.594. The quantitative estimate of drug-likeness (QED) is 0.749. The molecule has 0 bridgehead atoms. The van der Waals surface area contributed by atoms with E-state index in [9.17, 15) is 14.4 Å². The van der Waals surface area contributed by atoms with Crippen molar-refractivity contribution in [3.8, 4) is 11.5 Å². The number of benzene rings is 2. The number of ether oxygens (including phenoxy) is 3. The Hall–Kier alpha value is -3.35. The highest BCUT2D eigenvalue weighted by Crippen LogP contribution is 2.19. The molecule has 0 unspecified atom stereocenters. The molecule has 0 aliphatic heterocycles. The third-order valence-electron chi connectivity index (χ3n) is 3.79. The van der Waals surface area contributed by atoms with Crippen LogP contribution >= 0.6 is 0 Å². The molecular formula is C20H21NO6. The molecule has 2 rings (SSSR count). The maximum atomic E-state index is 12.0. The van der Waals surface area contributed by atoms with Gasteiger partial charge in [0.15, 0.2) is 6.61 Å². The van der Waals surface area contributed by atoms with Gasteiger partial charge in [-0.3, -0.25) is 19.7 Å². The summed E-state index contributed by atoms with van der Waals surface area (Å²) in [4.78, 5) is 35.6. The number of amides is 2. The van der Waals surface area contributed by atoms with Gasteiger partial charge in [-0.25, -0.2) is 0 Å². The SMILES string of the molecule is COc1ccc(C(=O)NC(=O)COC(=O)Cc2ccc(C)c(OC)c2)cc1. The number of nitrogens with one attached hydrogen (secondary N) is 1. The molecule has 0 saturated carbocycles. The van der Waals surface area contributed by atoms with Gasteiger partial charge in [0.25, 0.3) is 11.8 Å². The molecule has 27 heavy (non-hydrogen) atoms. The zero-order valence-corrected chi connectivity index (χ0v) is 15.4. The van der Waals surface area contributed by atoms with Crippen LogP contribution in [0.2, 0.25) is 0 Å². The second kappa shape index (κ2) is 9.38. The molecule has 2 aromatic carbocycles.